The number of hydrogen-bond acceptors (Lipinski definition) is 3. The Bertz CT molecular complexity index is 651. The summed E-state index contributed by atoms with van der Waals surface area (Å²) in [5, 5.41) is 4.40. The number of hydrogen-bond donors (Lipinski definition) is 1. The third-order valence-electron chi connectivity index (χ3n) is 3.02. The average molecular weight is 257 g/mol. The number of aryl methyl sites for hydroxylation is 3. The van der Waals surface area contributed by atoms with Crippen molar-refractivity contribution in [1.29, 1.82) is 0 Å². The normalized spacial score (nSPS) is 12.5. The fourth-order valence-corrected chi connectivity index (χ4v) is 2.21. The van der Waals surface area contributed by atoms with Crippen LogP contribution in [0.3, 0.4) is 0 Å². The molecule has 1 unspecified atom stereocenters. The second kappa shape index (κ2) is 4.97. The first kappa shape index (κ1) is 13.5. The number of nitrogens with two attached hydrogens (primary N) is 1. The lowest BCUT2D eigenvalue weighted by Crippen LogP contribution is -2.24. The number of aromatic nitrogens is 2. The molecule has 19 heavy (non-hydrogen) atoms. The summed E-state index contributed by atoms with van der Waals surface area (Å²) in [4.78, 5) is 11.8. The number of nitrogens with zero attached hydrogens (tertiary/aromatic N) is 2. The first-order chi connectivity index (χ1) is 8.88. The van der Waals surface area contributed by atoms with Crippen LogP contribution in [0.25, 0.3) is 5.69 Å². The molecule has 0 saturated heterocycles. The van der Waals surface area contributed by atoms with Crippen LogP contribution in [0, 0.1) is 20.8 Å². The molecule has 0 aliphatic rings. The minimum atomic E-state index is -0.370. The lowest BCUT2D eigenvalue weighted by atomic mass is 10.1. The highest BCUT2D eigenvalue weighted by atomic mass is 16.1. The van der Waals surface area contributed by atoms with Gasteiger partial charge in [0.05, 0.1) is 5.69 Å². The molecule has 0 spiro atoms. The molecule has 0 radical (unpaired) electrons. The fourth-order valence-electron chi connectivity index (χ4n) is 2.21. The Kier molecular flexibility index (Phi) is 3.53. The highest BCUT2D eigenvalue weighted by Gasteiger charge is 2.11. The van der Waals surface area contributed by atoms with Crippen molar-refractivity contribution in [3.63, 3.8) is 0 Å². The molecule has 2 N–H and O–H groups in total. The van der Waals surface area contributed by atoms with E-state index in [2.05, 4.69) is 11.2 Å². The van der Waals surface area contributed by atoms with Crippen molar-refractivity contribution in [2.45, 2.75) is 33.7 Å². The first-order valence-electron chi connectivity index (χ1n) is 6.33. The van der Waals surface area contributed by atoms with Gasteiger partial charge >= 0.3 is 0 Å². The maximum Gasteiger partial charge on any atom is 0.205 e. The van der Waals surface area contributed by atoms with Gasteiger partial charge in [-0.2, -0.15) is 5.10 Å². The van der Waals surface area contributed by atoms with Gasteiger partial charge in [0.2, 0.25) is 5.43 Å². The van der Waals surface area contributed by atoms with Gasteiger partial charge in [0.1, 0.15) is 5.69 Å². The molecule has 2 rings (SSSR count). The third-order valence-corrected chi connectivity index (χ3v) is 3.02. The van der Waals surface area contributed by atoms with Gasteiger partial charge in [0, 0.05) is 17.8 Å². The highest BCUT2D eigenvalue weighted by Crippen LogP contribution is 2.14. The molecular weight excluding hydrogens is 238 g/mol. The van der Waals surface area contributed by atoms with E-state index < -0.39 is 0 Å². The van der Waals surface area contributed by atoms with Crippen molar-refractivity contribution in [1.82, 2.24) is 9.78 Å². The molecule has 2 aromatic rings. The van der Waals surface area contributed by atoms with Crippen LogP contribution in [-0.2, 0) is 0 Å². The number of rotatable bonds is 2. The smallest absolute Gasteiger partial charge is 0.205 e. The molecule has 0 aliphatic carbocycles. The monoisotopic (exact) mass is 257 g/mol. The van der Waals surface area contributed by atoms with E-state index >= 15 is 0 Å². The zero-order valence-corrected chi connectivity index (χ0v) is 11.8. The SMILES string of the molecule is Cc1cc(C)cc(-n2nc(C(C)N)c(=O)cc2C)c1. The summed E-state index contributed by atoms with van der Waals surface area (Å²) in [6.45, 7) is 7.73. The Morgan fingerprint density at radius 1 is 1.11 bits per heavy atom. The lowest BCUT2D eigenvalue weighted by Gasteiger charge is -2.14. The topological polar surface area (TPSA) is 60.9 Å². The summed E-state index contributed by atoms with van der Waals surface area (Å²) in [5.74, 6) is 0. The predicted molar refractivity (Wildman–Crippen MR) is 76.6 cm³/mol. The first-order valence-corrected chi connectivity index (χ1v) is 6.33. The Morgan fingerprint density at radius 2 is 1.68 bits per heavy atom. The van der Waals surface area contributed by atoms with Crippen molar-refractivity contribution in [3.8, 4) is 5.69 Å². The van der Waals surface area contributed by atoms with Crippen LogP contribution >= 0.6 is 0 Å². The van der Waals surface area contributed by atoms with E-state index in [1.165, 1.54) is 0 Å². The van der Waals surface area contributed by atoms with Crippen LogP contribution in [0.15, 0.2) is 29.1 Å². The highest BCUT2D eigenvalue weighted by molar-refractivity contribution is 5.40. The van der Waals surface area contributed by atoms with Crippen molar-refractivity contribution in [2.75, 3.05) is 0 Å². The van der Waals surface area contributed by atoms with Gasteiger partial charge in [0.15, 0.2) is 0 Å². The quantitative estimate of drug-likeness (QED) is 0.897. The second-order valence-corrected chi connectivity index (χ2v) is 5.08. The molecule has 4 heteroatoms. The zero-order chi connectivity index (χ0) is 14.2. The van der Waals surface area contributed by atoms with Crippen molar-refractivity contribution in [2.24, 2.45) is 5.73 Å². The summed E-state index contributed by atoms with van der Waals surface area (Å²) in [5.41, 5.74) is 10.2. The Labute approximate surface area is 112 Å². The van der Waals surface area contributed by atoms with Gasteiger partial charge in [-0.1, -0.05) is 6.07 Å². The maximum atomic E-state index is 11.8. The Morgan fingerprint density at radius 3 is 2.21 bits per heavy atom. The van der Waals surface area contributed by atoms with Gasteiger partial charge < -0.3 is 5.73 Å². The third kappa shape index (κ3) is 2.74. The molecule has 1 atom stereocenters. The van der Waals surface area contributed by atoms with Crippen molar-refractivity contribution >= 4 is 0 Å². The minimum Gasteiger partial charge on any atom is -0.323 e. The van der Waals surface area contributed by atoms with E-state index in [9.17, 15) is 4.79 Å². The Hall–Kier alpha value is -1.94. The lowest BCUT2D eigenvalue weighted by molar-refractivity contribution is 0.686. The fraction of sp³-hybridized carbons (Fsp3) is 0.333. The van der Waals surface area contributed by atoms with E-state index in [1.54, 1.807) is 17.7 Å². The largest absolute Gasteiger partial charge is 0.323 e. The van der Waals surface area contributed by atoms with E-state index in [-0.39, 0.29) is 11.5 Å². The second-order valence-electron chi connectivity index (χ2n) is 5.08. The molecule has 4 nitrogen and oxygen atoms in total. The van der Waals surface area contributed by atoms with Crippen molar-refractivity contribution < 1.29 is 0 Å². The van der Waals surface area contributed by atoms with E-state index in [4.69, 9.17) is 5.73 Å². The molecule has 0 amide bonds. The van der Waals surface area contributed by atoms with Crippen LogP contribution in [-0.4, -0.2) is 9.78 Å². The minimum absolute atomic E-state index is 0.104. The van der Waals surface area contributed by atoms with E-state index in [0.717, 1.165) is 22.5 Å². The number of benzene rings is 1. The van der Waals surface area contributed by atoms with Crippen LogP contribution in [0.2, 0.25) is 0 Å². The molecule has 0 bridgehead atoms. The van der Waals surface area contributed by atoms with E-state index in [1.807, 2.05) is 32.9 Å². The molecule has 1 aromatic heterocycles. The standard InChI is InChI=1S/C15H19N3O/c1-9-5-10(2)7-13(6-9)18-11(3)8-14(19)15(17-18)12(4)16/h5-8,12H,16H2,1-4H3. The predicted octanol–water partition coefficient (Wildman–Crippen LogP) is 2.18. The summed E-state index contributed by atoms with van der Waals surface area (Å²) in [6.07, 6.45) is 0. The Balaban J connectivity index is 2.68. The van der Waals surface area contributed by atoms with Gasteiger partial charge in [-0.25, -0.2) is 4.68 Å². The van der Waals surface area contributed by atoms with Crippen LogP contribution in [0.4, 0.5) is 0 Å². The molecule has 0 saturated carbocycles. The molecule has 1 aromatic carbocycles. The molecule has 0 fully saturated rings. The van der Waals surface area contributed by atoms with Gasteiger partial charge in [-0.05, 0) is 51.0 Å². The van der Waals surface area contributed by atoms with Gasteiger partial charge in [-0.15, -0.1) is 0 Å². The van der Waals surface area contributed by atoms with Crippen molar-refractivity contribution in [3.05, 3.63) is 57.0 Å². The molecule has 0 aliphatic heterocycles. The summed E-state index contributed by atoms with van der Waals surface area (Å²) >= 11 is 0. The molecule has 1 heterocycles. The van der Waals surface area contributed by atoms with Gasteiger partial charge in [-0.3, -0.25) is 4.79 Å². The summed E-state index contributed by atoms with van der Waals surface area (Å²) in [6, 6.07) is 7.41. The molecule has 100 valence electrons. The summed E-state index contributed by atoms with van der Waals surface area (Å²) < 4.78 is 1.78. The summed E-state index contributed by atoms with van der Waals surface area (Å²) in [7, 11) is 0. The van der Waals surface area contributed by atoms with E-state index in [0.29, 0.717) is 5.69 Å². The molecular formula is C15H19N3O. The van der Waals surface area contributed by atoms with Crippen LogP contribution in [0.5, 0.6) is 0 Å². The van der Waals surface area contributed by atoms with Gasteiger partial charge in [0.25, 0.3) is 0 Å². The zero-order valence-electron chi connectivity index (χ0n) is 11.8. The van der Waals surface area contributed by atoms with Crippen LogP contribution in [0.1, 0.15) is 35.5 Å². The van der Waals surface area contributed by atoms with Crippen LogP contribution < -0.4 is 11.2 Å². The maximum absolute atomic E-state index is 11.8. The average Bonchev–Trinajstić information content (AvgIpc) is 2.26.